The number of carbonyl (C=O) groups excluding carboxylic acids is 1. The van der Waals surface area contributed by atoms with Gasteiger partial charge in [0.15, 0.2) is 0 Å². The molecule has 1 N–H and O–H groups in total. The van der Waals surface area contributed by atoms with Crippen LogP contribution >= 0.6 is 0 Å². The third-order valence-corrected chi connectivity index (χ3v) is 3.87. The van der Waals surface area contributed by atoms with Crippen molar-refractivity contribution in [1.82, 2.24) is 9.47 Å². The number of benzene rings is 1. The second-order valence-electron chi connectivity index (χ2n) is 5.12. The molecule has 0 bridgehead atoms. The summed E-state index contributed by atoms with van der Waals surface area (Å²) in [5.41, 5.74) is 2.43. The summed E-state index contributed by atoms with van der Waals surface area (Å²) in [6.45, 7) is 3.53. The fourth-order valence-electron chi connectivity index (χ4n) is 2.68. The van der Waals surface area contributed by atoms with Gasteiger partial charge in [0.05, 0.1) is 17.7 Å². The van der Waals surface area contributed by atoms with Crippen molar-refractivity contribution in [2.24, 2.45) is 0 Å². The third-order valence-electron chi connectivity index (χ3n) is 3.87. The lowest BCUT2D eigenvalue weighted by Gasteiger charge is -2.34. The van der Waals surface area contributed by atoms with Crippen LogP contribution in [0.25, 0.3) is 0 Å². The molecule has 5 nitrogen and oxygen atoms in total. The van der Waals surface area contributed by atoms with E-state index in [0.717, 1.165) is 12.2 Å². The number of fused-ring (bicyclic) bond motifs is 1. The molecule has 0 fully saturated rings. The summed E-state index contributed by atoms with van der Waals surface area (Å²) >= 11 is 0. The maximum atomic E-state index is 12.4. The van der Waals surface area contributed by atoms with Crippen molar-refractivity contribution in [3.05, 3.63) is 53.9 Å². The van der Waals surface area contributed by atoms with Gasteiger partial charge in [-0.1, -0.05) is 0 Å². The maximum Gasteiger partial charge on any atom is 0.322 e. The Morgan fingerprint density at radius 3 is 2.76 bits per heavy atom. The molecule has 1 atom stereocenters. The van der Waals surface area contributed by atoms with Crippen LogP contribution in [0.5, 0.6) is 0 Å². The van der Waals surface area contributed by atoms with Crippen LogP contribution in [0.4, 0.5) is 10.5 Å². The van der Waals surface area contributed by atoms with Gasteiger partial charge in [-0.15, -0.1) is 0 Å². The van der Waals surface area contributed by atoms with E-state index in [4.69, 9.17) is 5.26 Å². The summed E-state index contributed by atoms with van der Waals surface area (Å²) in [6.07, 6.45) is 2.04. The molecule has 2 aromatic rings. The Balaban J connectivity index is 1.72. The van der Waals surface area contributed by atoms with Crippen LogP contribution < -0.4 is 5.32 Å². The molecule has 3 rings (SSSR count). The highest BCUT2D eigenvalue weighted by Gasteiger charge is 2.27. The highest BCUT2D eigenvalue weighted by Crippen LogP contribution is 2.26. The Hall–Kier alpha value is -2.74. The Bertz CT molecular complexity index is 696. The molecule has 0 aliphatic carbocycles. The smallest absolute Gasteiger partial charge is 0.322 e. The number of hydrogen-bond donors (Lipinski definition) is 1. The number of nitriles is 1. The van der Waals surface area contributed by atoms with E-state index in [1.165, 1.54) is 0 Å². The van der Waals surface area contributed by atoms with E-state index >= 15 is 0 Å². The minimum atomic E-state index is -0.111. The van der Waals surface area contributed by atoms with E-state index in [0.29, 0.717) is 17.8 Å². The van der Waals surface area contributed by atoms with Crippen LogP contribution in [0, 0.1) is 11.3 Å². The number of nitrogens with one attached hydrogen (secondary N) is 1. The first kappa shape index (κ1) is 13.3. The Labute approximate surface area is 123 Å². The molecule has 0 radical (unpaired) electrons. The van der Waals surface area contributed by atoms with Gasteiger partial charge in [-0.25, -0.2) is 4.79 Å². The van der Waals surface area contributed by atoms with Crippen molar-refractivity contribution < 1.29 is 4.79 Å². The zero-order valence-electron chi connectivity index (χ0n) is 11.8. The van der Waals surface area contributed by atoms with E-state index in [9.17, 15) is 4.79 Å². The zero-order valence-corrected chi connectivity index (χ0v) is 11.8. The molecular weight excluding hydrogens is 264 g/mol. The van der Waals surface area contributed by atoms with Crippen molar-refractivity contribution in [1.29, 1.82) is 5.26 Å². The molecule has 0 unspecified atom stereocenters. The molecule has 2 heterocycles. The number of nitrogens with zero attached hydrogens (tertiary/aromatic N) is 3. The van der Waals surface area contributed by atoms with Gasteiger partial charge in [0, 0.05) is 30.7 Å². The molecule has 21 heavy (non-hydrogen) atoms. The fourth-order valence-corrected chi connectivity index (χ4v) is 2.68. The standard InChI is InChI=1S/C16H16N4O/c1-12-15-3-2-8-19(15)9-10-20(12)16(21)18-14-6-4-13(11-17)5-7-14/h2-8,12H,9-10H2,1H3,(H,18,21)/t12-/m1/s1. The van der Waals surface area contributed by atoms with Crippen LogP contribution in [0.3, 0.4) is 0 Å². The number of carbonyl (C=O) groups is 1. The number of urea groups is 1. The van der Waals surface area contributed by atoms with Crippen LogP contribution in [-0.2, 0) is 6.54 Å². The molecule has 5 heteroatoms. The first-order valence-corrected chi connectivity index (χ1v) is 6.92. The lowest BCUT2D eigenvalue weighted by atomic mass is 10.1. The highest BCUT2D eigenvalue weighted by molar-refractivity contribution is 5.89. The van der Waals surface area contributed by atoms with E-state index < -0.39 is 0 Å². The number of amides is 2. The number of anilines is 1. The van der Waals surface area contributed by atoms with Gasteiger partial charge in [0.1, 0.15) is 0 Å². The summed E-state index contributed by atoms with van der Waals surface area (Å²) in [4.78, 5) is 14.2. The summed E-state index contributed by atoms with van der Waals surface area (Å²) in [5.74, 6) is 0. The van der Waals surface area contributed by atoms with Crippen LogP contribution in [-0.4, -0.2) is 22.0 Å². The van der Waals surface area contributed by atoms with Gasteiger partial charge >= 0.3 is 6.03 Å². The summed E-state index contributed by atoms with van der Waals surface area (Å²) in [5, 5.41) is 11.7. The van der Waals surface area contributed by atoms with Crippen LogP contribution in [0.2, 0.25) is 0 Å². The second kappa shape index (κ2) is 5.33. The van der Waals surface area contributed by atoms with Gasteiger partial charge in [-0.2, -0.15) is 5.26 Å². The Morgan fingerprint density at radius 2 is 2.05 bits per heavy atom. The largest absolute Gasteiger partial charge is 0.348 e. The summed E-state index contributed by atoms with van der Waals surface area (Å²) in [7, 11) is 0. The molecule has 1 aliphatic rings. The lowest BCUT2D eigenvalue weighted by molar-refractivity contribution is 0.175. The van der Waals surface area contributed by atoms with Crippen molar-refractivity contribution in [2.45, 2.75) is 19.5 Å². The molecule has 1 aromatic carbocycles. The molecule has 0 saturated heterocycles. The maximum absolute atomic E-state index is 12.4. The van der Waals surface area contributed by atoms with E-state index in [1.54, 1.807) is 24.3 Å². The minimum absolute atomic E-state index is 0.0483. The normalized spacial score (nSPS) is 17.0. The minimum Gasteiger partial charge on any atom is -0.348 e. The molecule has 0 saturated carbocycles. The molecule has 1 aliphatic heterocycles. The number of rotatable bonds is 1. The molecule has 0 spiro atoms. The van der Waals surface area contributed by atoms with Crippen LogP contribution in [0.15, 0.2) is 42.6 Å². The first-order valence-electron chi connectivity index (χ1n) is 6.92. The van der Waals surface area contributed by atoms with Crippen molar-refractivity contribution in [3.63, 3.8) is 0 Å². The molecule has 106 valence electrons. The number of hydrogen-bond acceptors (Lipinski definition) is 2. The van der Waals surface area contributed by atoms with Gasteiger partial charge in [0.25, 0.3) is 0 Å². The Morgan fingerprint density at radius 1 is 1.29 bits per heavy atom. The summed E-state index contributed by atoms with van der Waals surface area (Å²) < 4.78 is 2.18. The third kappa shape index (κ3) is 2.48. The average Bonchev–Trinajstić information content (AvgIpc) is 2.98. The molecular formula is C16H16N4O. The van der Waals surface area contributed by atoms with Gasteiger partial charge < -0.3 is 14.8 Å². The van der Waals surface area contributed by atoms with E-state index in [1.807, 2.05) is 30.2 Å². The topological polar surface area (TPSA) is 61.1 Å². The Kier molecular flexibility index (Phi) is 3.36. The van der Waals surface area contributed by atoms with Gasteiger partial charge in [-0.3, -0.25) is 0 Å². The highest BCUT2D eigenvalue weighted by atomic mass is 16.2. The van der Waals surface area contributed by atoms with E-state index in [-0.39, 0.29) is 12.1 Å². The second-order valence-corrected chi connectivity index (χ2v) is 5.12. The zero-order chi connectivity index (χ0) is 14.8. The van der Waals surface area contributed by atoms with Crippen molar-refractivity contribution in [2.75, 3.05) is 11.9 Å². The lowest BCUT2D eigenvalue weighted by Crippen LogP contribution is -2.42. The predicted octanol–water partition coefficient (Wildman–Crippen LogP) is 2.97. The SMILES string of the molecule is C[C@@H]1c2cccn2CCN1C(=O)Nc1ccc(C#N)cc1. The summed E-state index contributed by atoms with van der Waals surface area (Å²) in [6, 6.07) is 12.9. The van der Waals surface area contributed by atoms with Gasteiger partial charge in [0.2, 0.25) is 0 Å². The predicted molar refractivity (Wildman–Crippen MR) is 79.7 cm³/mol. The van der Waals surface area contributed by atoms with Crippen molar-refractivity contribution >= 4 is 11.7 Å². The van der Waals surface area contributed by atoms with Gasteiger partial charge in [-0.05, 0) is 43.3 Å². The van der Waals surface area contributed by atoms with Crippen LogP contribution in [0.1, 0.15) is 24.2 Å². The molecule has 2 amide bonds. The quantitative estimate of drug-likeness (QED) is 0.873. The van der Waals surface area contributed by atoms with Crippen molar-refractivity contribution in [3.8, 4) is 6.07 Å². The fraction of sp³-hybridized carbons (Fsp3) is 0.250. The number of aromatic nitrogens is 1. The first-order chi connectivity index (χ1) is 10.2. The van der Waals surface area contributed by atoms with E-state index in [2.05, 4.69) is 16.0 Å². The molecule has 1 aromatic heterocycles. The monoisotopic (exact) mass is 280 g/mol. The average molecular weight is 280 g/mol.